The van der Waals surface area contributed by atoms with Crippen LogP contribution in [0.1, 0.15) is 12.8 Å². The third kappa shape index (κ3) is 2.53. The second kappa shape index (κ2) is 6.05. The molecule has 3 fully saturated rings. The molecule has 0 saturated carbocycles. The minimum Gasteiger partial charge on any atom is -0.550 e. The second-order valence-corrected chi connectivity index (χ2v) is 6.66. The van der Waals surface area contributed by atoms with Crippen LogP contribution in [0.15, 0.2) is 24.4 Å². The van der Waals surface area contributed by atoms with Gasteiger partial charge in [-0.3, -0.25) is 4.79 Å². The number of fused-ring (bicyclic) bond motifs is 2. The standard InChI is InChI=1S/C17H21N3O4/c21-16(14-11-4-5-12(24-11)15(14)17(22)23)20-9-7-19(8-10-20)13-3-1-2-6-18-13/h1-3,6,11-12,14-15H,4-5,7-10H2,(H,22,23)/p-1. The van der Waals surface area contributed by atoms with E-state index in [0.717, 1.165) is 12.2 Å². The number of pyridine rings is 1. The predicted octanol–water partition coefficient (Wildman–Crippen LogP) is -0.726. The highest BCUT2D eigenvalue weighted by Gasteiger charge is 2.53. The van der Waals surface area contributed by atoms with Crippen molar-refractivity contribution < 1.29 is 19.4 Å². The van der Waals surface area contributed by atoms with Gasteiger partial charge in [-0.2, -0.15) is 0 Å². The molecule has 2 bridgehead atoms. The molecule has 4 heterocycles. The maximum Gasteiger partial charge on any atom is 0.229 e. The summed E-state index contributed by atoms with van der Waals surface area (Å²) in [7, 11) is 0. The van der Waals surface area contributed by atoms with E-state index >= 15 is 0 Å². The summed E-state index contributed by atoms with van der Waals surface area (Å²) in [6.07, 6.45) is 2.60. The zero-order chi connectivity index (χ0) is 16.7. The second-order valence-electron chi connectivity index (χ2n) is 6.66. The Labute approximate surface area is 140 Å². The van der Waals surface area contributed by atoms with Gasteiger partial charge >= 0.3 is 0 Å². The van der Waals surface area contributed by atoms with Crippen LogP contribution in [0.3, 0.4) is 0 Å². The number of aromatic nitrogens is 1. The van der Waals surface area contributed by atoms with E-state index in [1.165, 1.54) is 0 Å². The van der Waals surface area contributed by atoms with Crippen LogP contribution in [0.5, 0.6) is 0 Å². The number of amides is 1. The Hall–Kier alpha value is -2.15. The smallest absolute Gasteiger partial charge is 0.229 e. The average molecular weight is 330 g/mol. The number of carbonyl (C=O) groups excluding carboxylic acids is 2. The van der Waals surface area contributed by atoms with Gasteiger partial charge in [0.15, 0.2) is 0 Å². The number of carbonyl (C=O) groups is 2. The largest absolute Gasteiger partial charge is 0.550 e. The summed E-state index contributed by atoms with van der Waals surface area (Å²) in [4.78, 5) is 32.6. The predicted molar refractivity (Wildman–Crippen MR) is 82.9 cm³/mol. The highest BCUT2D eigenvalue weighted by molar-refractivity contribution is 5.86. The van der Waals surface area contributed by atoms with E-state index in [4.69, 9.17) is 4.74 Å². The molecule has 4 rings (SSSR count). The summed E-state index contributed by atoms with van der Waals surface area (Å²) < 4.78 is 5.67. The molecule has 0 radical (unpaired) electrons. The molecule has 4 unspecified atom stereocenters. The van der Waals surface area contributed by atoms with Gasteiger partial charge in [-0.25, -0.2) is 4.98 Å². The van der Waals surface area contributed by atoms with E-state index in [9.17, 15) is 14.7 Å². The Bertz CT molecular complexity index is 630. The first-order valence-corrected chi connectivity index (χ1v) is 8.46. The van der Waals surface area contributed by atoms with Gasteiger partial charge in [0.2, 0.25) is 5.91 Å². The van der Waals surface area contributed by atoms with E-state index in [2.05, 4.69) is 9.88 Å². The summed E-state index contributed by atoms with van der Waals surface area (Å²) in [6.45, 7) is 2.53. The molecule has 1 aromatic heterocycles. The molecule has 4 atom stereocenters. The highest BCUT2D eigenvalue weighted by Crippen LogP contribution is 2.44. The summed E-state index contributed by atoms with van der Waals surface area (Å²) in [5.41, 5.74) is 0. The van der Waals surface area contributed by atoms with E-state index in [1.54, 1.807) is 11.1 Å². The van der Waals surface area contributed by atoms with Gasteiger partial charge in [-0.15, -0.1) is 0 Å². The fourth-order valence-electron chi connectivity index (χ4n) is 4.20. The third-order valence-electron chi connectivity index (χ3n) is 5.40. The number of carboxylic acids is 1. The maximum absolute atomic E-state index is 12.9. The van der Waals surface area contributed by atoms with E-state index in [0.29, 0.717) is 32.6 Å². The number of aliphatic carboxylic acids is 1. The van der Waals surface area contributed by atoms with Gasteiger partial charge in [0.05, 0.1) is 18.1 Å². The van der Waals surface area contributed by atoms with Crippen molar-refractivity contribution in [1.29, 1.82) is 0 Å². The number of nitrogens with zero attached hydrogens (tertiary/aromatic N) is 3. The number of piperazine rings is 1. The molecule has 1 aromatic rings. The summed E-state index contributed by atoms with van der Waals surface area (Å²) in [5, 5.41) is 11.4. The first-order chi connectivity index (χ1) is 11.6. The fourth-order valence-corrected chi connectivity index (χ4v) is 4.20. The Kier molecular flexibility index (Phi) is 3.88. The lowest BCUT2D eigenvalue weighted by molar-refractivity contribution is -0.314. The molecule has 1 amide bonds. The average Bonchev–Trinajstić information content (AvgIpc) is 3.23. The van der Waals surface area contributed by atoms with E-state index in [-0.39, 0.29) is 18.1 Å². The van der Waals surface area contributed by atoms with Crippen molar-refractivity contribution in [3.8, 4) is 0 Å². The number of hydrogen-bond acceptors (Lipinski definition) is 6. The van der Waals surface area contributed by atoms with Crippen LogP contribution >= 0.6 is 0 Å². The van der Waals surface area contributed by atoms with Crippen molar-refractivity contribution in [2.24, 2.45) is 11.8 Å². The van der Waals surface area contributed by atoms with Gasteiger partial charge in [0, 0.05) is 44.3 Å². The lowest BCUT2D eigenvalue weighted by Gasteiger charge is -2.38. The van der Waals surface area contributed by atoms with E-state index < -0.39 is 17.8 Å². The van der Waals surface area contributed by atoms with Crippen LogP contribution in [0.25, 0.3) is 0 Å². The number of rotatable bonds is 3. The number of ether oxygens (including phenoxy) is 1. The zero-order valence-electron chi connectivity index (χ0n) is 13.3. The molecule has 0 aliphatic carbocycles. The van der Waals surface area contributed by atoms with Crippen LogP contribution in [0.2, 0.25) is 0 Å². The van der Waals surface area contributed by atoms with Crippen molar-refractivity contribution >= 4 is 17.7 Å². The van der Waals surface area contributed by atoms with E-state index in [1.807, 2.05) is 18.2 Å². The molecule has 3 saturated heterocycles. The summed E-state index contributed by atoms with van der Waals surface area (Å²) >= 11 is 0. The van der Waals surface area contributed by atoms with Crippen molar-refractivity contribution in [2.75, 3.05) is 31.1 Å². The van der Waals surface area contributed by atoms with Crippen LogP contribution in [0.4, 0.5) is 5.82 Å². The summed E-state index contributed by atoms with van der Waals surface area (Å²) in [6, 6.07) is 5.77. The highest BCUT2D eigenvalue weighted by atomic mass is 16.5. The molecule has 0 N–H and O–H groups in total. The molecule has 0 spiro atoms. The quantitative estimate of drug-likeness (QED) is 0.727. The Morgan fingerprint density at radius 1 is 1.08 bits per heavy atom. The van der Waals surface area contributed by atoms with Gasteiger partial charge in [0.1, 0.15) is 5.82 Å². The fraction of sp³-hybridized carbons (Fsp3) is 0.588. The molecule has 7 heteroatoms. The third-order valence-corrected chi connectivity index (χ3v) is 5.40. The first-order valence-electron chi connectivity index (χ1n) is 8.46. The molecule has 3 aliphatic heterocycles. The SMILES string of the molecule is O=C([O-])C1C2CCC(O2)C1C(=O)N1CCN(c2ccccn2)CC1. The monoisotopic (exact) mass is 330 g/mol. The Morgan fingerprint density at radius 2 is 1.79 bits per heavy atom. The van der Waals surface area contributed by atoms with Gasteiger partial charge in [-0.05, 0) is 25.0 Å². The summed E-state index contributed by atoms with van der Waals surface area (Å²) in [5.74, 6) is -1.74. The van der Waals surface area contributed by atoms with Crippen LogP contribution in [0, 0.1) is 11.8 Å². The topological polar surface area (TPSA) is 85.8 Å². The molecule has 128 valence electrons. The van der Waals surface area contributed by atoms with Gasteiger partial charge in [-0.1, -0.05) is 6.07 Å². The lowest BCUT2D eigenvalue weighted by atomic mass is 9.78. The molecule has 24 heavy (non-hydrogen) atoms. The van der Waals surface area contributed by atoms with Crippen LogP contribution in [-0.4, -0.2) is 60.1 Å². The molecular formula is C17H20N3O4-. The molecule has 0 aromatic carbocycles. The Morgan fingerprint density at radius 3 is 2.42 bits per heavy atom. The minimum atomic E-state index is -1.16. The minimum absolute atomic E-state index is 0.0999. The molecule has 7 nitrogen and oxygen atoms in total. The van der Waals surface area contributed by atoms with Crippen LogP contribution in [-0.2, 0) is 14.3 Å². The molecule has 3 aliphatic rings. The van der Waals surface area contributed by atoms with Crippen molar-refractivity contribution in [3.05, 3.63) is 24.4 Å². The van der Waals surface area contributed by atoms with Crippen molar-refractivity contribution in [2.45, 2.75) is 25.0 Å². The first kappa shape index (κ1) is 15.4. The maximum atomic E-state index is 12.9. The number of hydrogen-bond donors (Lipinski definition) is 0. The number of carboxylic acid groups (broad SMARTS) is 1. The van der Waals surface area contributed by atoms with Crippen molar-refractivity contribution in [3.63, 3.8) is 0 Å². The number of anilines is 1. The van der Waals surface area contributed by atoms with Gasteiger partial charge in [0.25, 0.3) is 0 Å². The van der Waals surface area contributed by atoms with Crippen molar-refractivity contribution in [1.82, 2.24) is 9.88 Å². The molecular weight excluding hydrogens is 310 g/mol. The normalized spacial score (nSPS) is 32.2. The van der Waals surface area contributed by atoms with Gasteiger partial charge < -0.3 is 24.4 Å². The lowest BCUT2D eigenvalue weighted by Crippen LogP contribution is -2.54. The van der Waals surface area contributed by atoms with Crippen LogP contribution < -0.4 is 10.0 Å². The zero-order valence-corrected chi connectivity index (χ0v) is 13.3. The Balaban J connectivity index is 1.42.